The summed E-state index contributed by atoms with van der Waals surface area (Å²) in [7, 11) is 0. The second kappa shape index (κ2) is 3.49. The van der Waals surface area contributed by atoms with Gasteiger partial charge >= 0.3 is 5.97 Å². The van der Waals surface area contributed by atoms with Gasteiger partial charge in [-0.25, -0.2) is 0 Å². The van der Waals surface area contributed by atoms with Gasteiger partial charge in [-0.05, 0) is 37.0 Å². The average molecular weight is 246 g/mol. The molecule has 2 nitrogen and oxygen atoms in total. The molecule has 0 radical (unpaired) electrons. The van der Waals surface area contributed by atoms with Gasteiger partial charge in [0.2, 0.25) is 0 Å². The van der Waals surface area contributed by atoms with Crippen molar-refractivity contribution in [2.24, 2.45) is 22.7 Å². The topological polar surface area (TPSA) is 26.3 Å². The minimum atomic E-state index is -0.344. The molecule has 2 heteroatoms. The quantitative estimate of drug-likeness (QED) is 0.550. The number of hydrogen-bond acceptors (Lipinski definition) is 2. The third-order valence-electron chi connectivity index (χ3n) is 6.01. The Morgan fingerprint density at radius 1 is 1.50 bits per heavy atom. The molecular weight excluding hydrogens is 224 g/mol. The number of hydrogen-bond donors (Lipinski definition) is 0. The first-order valence-corrected chi connectivity index (χ1v) is 6.97. The zero-order chi connectivity index (χ0) is 13.1. The van der Waals surface area contributed by atoms with Crippen LogP contribution in [0.25, 0.3) is 0 Å². The predicted molar refractivity (Wildman–Crippen MR) is 70.9 cm³/mol. The third kappa shape index (κ3) is 1.17. The van der Waals surface area contributed by atoms with E-state index in [2.05, 4.69) is 27.0 Å². The molecule has 0 aromatic carbocycles. The van der Waals surface area contributed by atoms with Crippen molar-refractivity contribution in [3.05, 3.63) is 24.8 Å². The van der Waals surface area contributed by atoms with E-state index >= 15 is 0 Å². The van der Waals surface area contributed by atoms with Crippen molar-refractivity contribution in [3.63, 3.8) is 0 Å². The van der Waals surface area contributed by atoms with Crippen molar-refractivity contribution in [1.82, 2.24) is 0 Å². The highest BCUT2D eigenvalue weighted by molar-refractivity contribution is 5.81. The van der Waals surface area contributed by atoms with Crippen molar-refractivity contribution in [2.75, 3.05) is 0 Å². The van der Waals surface area contributed by atoms with E-state index in [1.807, 2.05) is 6.08 Å². The normalized spacial score (nSPS) is 50.0. The molecule has 0 N–H and O–H groups in total. The van der Waals surface area contributed by atoms with E-state index in [0.717, 1.165) is 25.7 Å². The summed E-state index contributed by atoms with van der Waals surface area (Å²) in [6.07, 6.45) is 5.64. The second-order valence-electron chi connectivity index (χ2n) is 6.65. The summed E-state index contributed by atoms with van der Waals surface area (Å²) in [5.74, 6) is 0.770. The van der Waals surface area contributed by atoms with Crippen LogP contribution in [0.3, 0.4) is 0 Å². The van der Waals surface area contributed by atoms with Gasteiger partial charge in [0.1, 0.15) is 6.10 Å². The number of esters is 1. The molecule has 3 rings (SSSR count). The summed E-state index contributed by atoms with van der Waals surface area (Å²) < 4.78 is 5.69. The Bertz CT molecular complexity index is 438. The summed E-state index contributed by atoms with van der Waals surface area (Å²) in [5.41, 5.74) is 1.10. The lowest BCUT2D eigenvalue weighted by Crippen LogP contribution is -2.51. The molecular formula is C16H22O2. The van der Waals surface area contributed by atoms with Crippen molar-refractivity contribution in [3.8, 4) is 0 Å². The highest BCUT2D eigenvalue weighted by Crippen LogP contribution is 2.65. The first-order chi connectivity index (χ1) is 8.45. The molecule has 1 aliphatic heterocycles. The van der Waals surface area contributed by atoms with Crippen molar-refractivity contribution >= 4 is 5.97 Å². The summed E-state index contributed by atoms with van der Waals surface area (Å²) >= 11 is 0. The molecule has 3 aliphatic rings. The van der Waals surface area contributed by atoms with Gasteiger partial charge in [0.05, 0.1) is 5.41 Å². The monoisotopic (exact) mass is 246 g/mol. The highest BCUT2D eigenvalue weighted by atomic mass is 16.6. The Kier molecular flexibility index (Phi) is 2.33. The molecule has 1 saturated heterocycles. The maximum atomic E-state index is 12.4. The lowest BCUT2D eigenvalue weighted by Gasteiger charge is -2.54. The molecule has 0 aromatic heterocycles. The van der Waals surface area contributed by atoms with E-state index in [0.29, 0.717) is 5.92 Å². The fourth-order valence-corrected chi connectivity index (χ4v) is 4.55. The molecule has 2 saturated carbocycles. The summed E-state index contributed by atoms with van der Waals surface area (Å²) in [4.78, 5) is 12.4. The Labute approximate surface area is 109 Å². The Balaban J connectivity index is 2.09. The average Bonchev–Trinajstić information content (AvgIpc) is 2.59. The first-order valence-electron chi connectivity index (χ1n) is 6.97. The lowest BCUT2D eigenvalue weighted by atomic mass is 9.48. The number of allylic oxidation sites excluding steroid dienone is 1. The largest absolute Gasteiger partial charge is 0.461 e. The van der Waals surface area contributed by atoms with E-state index in [9.17, 15) is 4.79 Å². The molecule has 2 bridgehead atoms. The van der Waals surface area contributed by atoms with Crippen LogP contribution < -0.4 is 0 Å². The molecule has 98 valence electrons. The van der Waals surface area contributed by atoms with Crippen LogP contribution in [0.5, 0.6) is 0 Å². The fourth-order valence-electron chi connectivity index (χ4n) is 4.55. The second-order valence-corrected chi connectivity index (χ2v) is 6.65. The standard InChI is InChI=1S/C16H22O2/c1-5-6-16-8-7-15(4)10(2)9-12(18-14(16)17)13(16)11(15)3/h5,10,12-13H,1,3,6-9H2,2,4H3. The van der Waals surface area contributed by atoms with Gasteiger partial charge in [0.25, 0.3) is 0 Å². The van der Waals surface area contributed by atoms with E-state index in [-0.39, 0.29) is 28.8 Å². The number of fused-ring (bicyclic) bond motifs is 1. The highest BCUT2D eigenvalue weighted by Gasteiger charge is 2.65. The maximum Gasteiger partial charge on any atom is 0.313 e. The van der Waals surface area contributed by atoms with Crippen LogP contribution >= 0.6 is 0 Å². The zero-order valence-electron chi connectivity index (χ0n) is 11.4. The zero-order valence-corrected chi connectivity index (χ0v) is 11.4. The van der Waals surface area contributed by atoms with Crippen LogP contribution in [0.4, 0.5) is 0 Å². The Morgan fingerprint density at radius 3 is 2.89 bits per heavy atom. The van der Waals surface area contributed by atoms with E-state index in [1.54, 1.807) is 0 Å². The third-order valence-corrected chi connectivity index (χ3v) is 6.01. The van der Waals surface area contributed by atoms with Crippen LogP contribution in [0.2, 0.25) is 0 Å². The lowest BCUT2D eigenvalue weighted by molar-refractivity contribution is -0.149. The maximum absolute atomic E-state index is 12.4. The van der Waals surface area contributed by atoms with Crippen LogP contribution in [-0.4, -0.2) is 12.1 Å². The molecule has 18 heavy (non-hydrogen) atoms. The van der Waals surface area contributed by atoms with Gasteiger partial charge in [-0.15, -0.1) is 6.58 Å². The molecule has 5 unspecified atom stereocenters. The number of ether oxygens (including phenoxy) is 1. The Hall–Kier alpha value is -1.05. The molecule has 5 atom stereocenters. The van der Waals surface area contributed by atoms with Crippen molar-refractivity contribution < 1.29 is 9.53 Å². The van der Waals surface area contributed by atoms with E-state index in [1.165, 1.54) is 5.57 Å². The minimum Gasteiger partial charge on any atom is -0.461 e. The molecule has 0 amide bonds. The van der Waals surface area contributed by atoms with Gasteiger partial charge in [-0.2, -0.15) is 0 Å². The summed E-state index contributed by atoms with van der Waals surface area (Å²) in [5, 5.41) is 0. The smallest absolute Gasteiger partial charge is 0.313 e. The minimum absolute atomic E-state index is 0.00491. The molecule has 3 fully saturated rings. The van der Waals surface area contributed by atoms with Gasteiger partial charge in [0, 0.05) is 5.92 Å². The SMILES string of the molecule is C=CCC12CCC3(C)C(=C)C1C(CC3C)OC2=O. The van der Waals surface area contributed by atoms with E-state index < -0.39 is 0 Å². The number of carbonyl (C=O) groups excluding carboxylic acids is 1. The van der Waals surface area contributed by atoms with E-state index in [4.69, 9.17) is 4.74 Å². The molecule has 0 aromatic rings. The summed E-state index contributed by atoms with van der Waals surface area (Å²) in [6, 6.07) is 0. The van der Waals surface area contributed by atoms with Gasteiger partial charge < -0.3 is 4.74 Å². The fraction of sp³-hybridized carbons (Fsp3) is 0.688. The van der Waals surface area contributed by atoms with Gasteiger partial charge in [-0.3, -0.25) is 4.79 Å². The number of carbonyl (C=O) groups is 1. The number of rotatable bonds is 2. The molecule has 1 heterocycles. The predicted octanol–water partition coefficient (Wildman–Crippen LogP) is 3.49. The van der Waals surface area contributed by atoms with Crippen molar-refractivity contribution in [2.45, 2.75) is 45.6 Å². The van der Waals surface area contributed by atoms with Crippen molar-refractivity contribution in [1.29, 1.82) is 0 Å². The molecule has 0 spiro atoms. The van der Waals surface area contributed by atoms with Crippen LogP contribution in [0, 0.1) is 22.7 Å². The summed E-state index contributed by atoms with van der Waals surface area (Å²) in [6.45, 7) is 12.8. The first kappa shape index (κ1) is 12.0. The van der Waals surface area contributed by atoms with Crippen LogP contribution in [0.15, 0.2) is 24.8 Å². The van der Waals surface area contributed by atoms with Crippen LogP contribution in [-0.2, 0) is 9.53 Å². The Morgan fingerprint density at radius 2 is 2.22 bits per heavy atom. The van der Waals surface area contributed by atoms with Crippen LogP contribution in [0.1, 0.15) is 39.5 Å². The van der Waals surface area contributed by atoms with Gasteiger partial charge in [-0.1, -0.05) is 32.1 Å². The van der Waals surface area contributed by atoms with Gasteiger partial charge in [0.15, 0.2) is 0 Å². The molecule has 2 aliphatic carbocycles.